The number of hydrogen-bond acceptors (Lipinski definition) is 1. The van der Waals surface area contributed by atoms with Gasteiger partial charge in [0.15, 0.2) is 0 Å². The maximum absolute atomic E-state index is 3.98. The van der Waals surface area contributed by atoms with Crippen molar-refractivity contribution in [3.05, 3.63) is 30.1 Å². The van der Waals surface area contributed by atoms with E-state index in [1.807, 2.05) is 18.3 Å². The summed E-state index contributed by atoms with van der Waals surface area (Å²) in [6.45, 7) is 2.08. The highest BCUT2D eigenvalue weighted by atomic mass is 79.9. The molecule has 1 atom stereocenters. The standard InChI is InChI=1S/C7H8BrN/c1-6(8)7-3-2-4-9-5-7/h2-6H,1H3. The molecule has 0 saturated heterocycles. The van der Waals surface area contributed by atoms with Gasteiger partial charge >= 0.3 is 0 Å². The van der Waals surface area contributed by atoms with Crippen LogP contribution in [0.15, 0.2) is 24.5 Å². The van der Waals surface area contributed by atoms with E-state index in [4.69, 9.17) is 0 Å². The Morgan fingerprint density at radius 1 is 1.67 bits per heavy atom. The van der Waals surface area contributed by atoms with Crippen LogP contribution in [0.2, 0.25) is 0 Å². The number of alkyl halides is 1. The second-order valence-corrected chi connectivity index (χ2v) is 3.28. The summed E-state index contributed by atoms with van der Waals surface area (Å²) in [5.41, 5.74) is 1.22. The van der Waals surface area contributed by atoms with Gasteiger partial charge < -0.3 is 0 Å². The summed E-state index contributed by atoms with van der Waals surface area (Å²) in [6.07, 6.45) is 3.64. The van der Waals surface area contributed by atoms with Crippen molar-refractivity contribution in [1.29, 1.82) is 0 Å². The number of halogens is 1. The summed E-state index contributed by atoms with van der Waals surface area (Å²) >= 11 is 3.44. The Morgan fingerprint density at radius 2 is 2.44 bits per heavy atom. The predicted octanol–water partition coefficient (Wildman–Crippen LogP) is 2.54. The van der Waals surface area contributed by atoms with Crippen LogP contribution in [0.25, 0.3) is 0 Å². The molecule has 0 amide bonds. The Hall–Kier alpha value is -0.370. The number of nitrogens with zero attached hydrogens (tertiary/aromatic N) is 1. The second-order valence-electron chi connectivity index (χ2n) is 1.90. The molecule has 0 aliphatic carbocycles. The molecule has 0 fully saturated rings. The second kappa shape index (κ2) is 2.97. The van der Waals surface area contributed by atoms with Crippen molar-refractivity contribution >= 4 is 15.9 Å². The normalized spacial score (nSPS) is 13.1. The van der Waals surface area contributed by atoms with Gasteiger partial charge in [0.05, 0.1) is 0 Å². The zero-order valence-corrected chi connectivity index (χ0v) is 6.80. The molecule has 0 bridgehead atoms. The summed E-state index contributed by atoms with van der Waals surface area (Å²) in [5.74, 6) is 0. The molecule has 9 heavy (non-hydrogen) atoms. The molecule has 0 saturated carbocycles. The maximum Gasteiger partial charge on any atom is 0.0382 e. The molecule has 1 unspecified atom stereocenters. The van der Waals surface area contributed by atoms with E-state index in [-0.39, 0.29) is 0 Å². The lowest BCUT2D eigenvalue weighted by atomic mass is 10.2. The molecule has 48 valence electrons. The largest absolute Gasteiger partial charge is 0.264 e. The lowest BCUT2D eigenvalue weighted by molar-refractivity contribution is 1.09. The lowest BCUT2D eigenvalue weighted by Gasteiger charge is -1.98. The van der Waals surface area contributed by atoms with Crippen molar-refractivity contribution in [2.24, 2.45) is 0 Å². The number of hydrogen-bond donors (Lipinski definition) is 0. The van der Waals surface area contributed by atoms with Gasteiger partial charge in [0.1, 0.15) is 0 Å². The molecule has 0 aliphatic rings. The minimum Gasteiger partial charge on any atom is -0.264 e. The molecule has 0 spiro atoms. The smallest absolute Gasteiger partial charge is 0.0382 e. The number of aromatic nitrogens is 1. The molecule has 1 aromatic heterocycles. The molecule has 2 heteroatoms. The molecular weight excluding hydrogens is 178 g/mol. The van der Waals surface area contributed by atoms with Crippen LogP contribution >= 0.6 is 15.9 Å². The van der Waals surface area contributed by atoms with E-state index >= 15 is 0 Å². The quantitative estimate of drug-likeness (QED) is 0.614. The van der Waals surface area contributed by atoms with Crippen LogP contribution in [0.4, 0.5) is 0 Å². The van der Waals surface area contributed by atoms with Crippen LogP contribution < -0.4 is 0 Å². The van der Waals surface area contributed by atoms with Crippen molar-refractivity contribution in [3.63, 3.8) is 0 Å². The Morgan fingerprint density at radius 3 is 2.78 bits per heavy atom. The third-order valence-electron chi connectivity index (χ3n) is 1.14. The third kappa shape index (κ3) is 1.79. The first-order chi connectivity index (χ1) is 4.30. The van der Waals surface area contributed by atoms with E-state index in [0.29, 0.717) is 4.83 Å². The Labute approximate surface area is 63.2 Å². The fourth-order valence-electron chi connectivity index (χ4n) is 0.611. The maximum atomic E-state index is 3.98. The summed E-state index contributed by atoms with van der Waals surface area (Å²) in [4.78, 5) is 4.38. The van der Waals surface area contributed by atoms with Crippen molar-refractivity contribution in [2.45, 2.75) is 11.8 Å². The van der Waals surface area contributed by atoms with Crippen LogP contribution in [0, 0.1) is 0 Å². The van der Waals surface area contributed by atoms with Crippen LogP contribution in [0.3, 0.4) is 0 Å². The highest BCUT2D eigenvalue weighted by Crippen LogP contribution is 2.19. The van der Waals surface area contributed by atoms with E-state index in [1.54, 1.807) is 6.20 Å². The highest BCUT2D eigenvalue weighted by molar-refractivity contribution is 9.09. The zero-order chi connectivity index (χ0) is 6.69. The van der Waals surface area contributed by atoms with E-state index in [2.05, 4.69) is 27.8 Å². The van der Waals surface area contributed by atoms with Gasteiger partial charge in [-0.05, 0) is 18.6 Å². The molecular formula is C7H8BrN. The molecule has 1 aromatic rings. The van der Waals surface area contributed by atoms with E-state index in [1.165, 1.54) is 5.56 Å². The summed E-state index contributed by atoms with van der Waals surface area (Å²) in [7, 11) is 0. The van der Waals surface area contributed by atoms with Crippen LogP contribution in [-0.4, -0.2) is 4.98 Å². The van der Waals surface area contributed by atoms with Crippen molar-refractivity contribution in [1.82, 2.24) is 4.98 Å². The average molecular weight is 186 g/mol. The molecule has 1 nitrogen and oxygen atoms in total. The van der Waals surface area contributed by atoms with Gasteiger partial charge in [-0.25, -0.2) is 0 Å². The first kappa shape index (κ1) is 6.75. The Kier molecular flexibility index (Phi) is 2.22. The van der Waals surface area contributed by atoms with Gasteiger partial charge in [-0.3, -0.25) is 4.98 Å². The zero-order valence-electron chi connectivity index (χ0n) is 5.21. The lowest BCUT2D eigenvalue weighted by Crippen LogP contribution is -1.82. The topological polar surface area (TPSA) is 12.9 Å². The third-order valence-corrected chi connectivity index (χ3v) is 1.67. The van der Waals surface area contributed by atoms with Gasteiger partial charge in [0.25, 0.3) is 0 Å². The van der Waals surface area contributed by atoms with Crippen molar-refractivity contribution in [3.8, 4) is 0 Å². The van der Waals surface area contributed by atoms with Crippen LogP contribution in [0.1, 0.15) is 17.3 Å². The van der Waals surface area contributed by atoms with Gasteiger partial charge in [-0.2, -0.15) is 0 Å². The van der Waals surface area contributed by atoms with Gasteiger partial charge in [0, 0.05) is 17.2 Å². The van der Waals surface area contributed by atoms with E-state index in [9.17, 15) is 0 Å². The Bertz CT molecular complexity index is 172. The summed E-state index contributed by atoms with van der Waals surface area (Å²) < 4.78 is 0. The van der Waals surface area contributed by atoms with Gasteiger partial charge in [0.2, 0.25) is 0 Å². The fourth-order valence-corrected chi connectivity index (χ4v) is 0.882. The fraction of sp³-hybridized carbons (Fsp3) is 0.286. The van der Waals surface area contributed by atoms with Gasteiger partial charge in [-0.15, -0.1) is 0 Å². The summed E-state index contributed by atoms with van der Waals surface area (Å²) in [5, 5.41) is 0. The summed E-state index contributed by atoms with van der Waals surface area (Å²) in [6, 6.07) is 3.99. The van der Waals surface area contributed by atoms with E-state index < -0.39 is 0 Å². The molecule has 1 heterocycles. The monoisotopic (exact) mass is 185 g/mol. The first-order valence-corrected chi connectivity index (χ1v) is 3.76. The molecule has 0 radical (unpaired) electrons. The molecule has 0 aliphatic heterocycles. The number of pyridine rings is 1. The van der Waals surface area contributed by atoms with Gasteiger partial charge in [-0.1, -0.05) is 22.0 Å². The van der Waals surface area contributed by atoms with Crippen molar-refractivity contribution < 1.29 is 0 Å². The van der Waals surface area contributed by atoms with Crippen molar-refractivity contribution in [2.75, 3.05) is 0 Å². The SMILES string of the molecule is CC(Br)c1cccnc1. The van der Waals surface area contributed by atoms with Crippen LogP contribution in [-0.2, 0) is 0 Å². The predicted molar refractivity (Wildman–Crippen MR) is 41.6 cm³/mol. The molecule has 0 aromatic carbocycles. The first-order valence-electron chi connectivity index (χ1n) is 2.84. The minimum atomic E-state index is 0.409. The highest BCUT2D eigenvalue weighted by Gasteiger charge is 1.96. The number of rotatable bonds is 1. The van der Waals surface area contributed by atoms with Crippen LogP contribution in [0.5, 0.6) is 0 Å². The average Bonchev–Trinajstić information content (AvgIpc) is 1.90. The minimum absolute atomic E-state index is 0.409. The van der Waals surface area contributed by atoms with E-state index in [0.717, 1.165) is 0 Å². The molecule has 1 rings (SSSR count). The molecule has 0 N–H and O–H groups in total. The Balaban J connectivity index is 2.85.